The molecule has 132 valence electrons. The standard InChI is InChI=1S/C19H16FN3O3/c1-13-6-2-4-8-16(13)25-12-18(24)23-14-10-21-19(22-11-14)26-17-9-5-3-7-15(17)20/h2-11H,12H2,1H3,(H,23,24). The van der Waals surface area contributed by atoms with E-state index in [2.05, 4.69) is 15.3 Å². The zero-order chi connectivity index (χ0) is 18.4. The predicted molar refractivity (Wildman–Crippen MR) is 93.8 cm³/mol. The van der Waals surface area contributed by atoms with Crippen molar-refractivity contribution < 1.29 is 18.7 Å². The average molecular weight is 353 g/mol. The molecule has 0 atom stereocenters. The van der Waals surface area contributed by atoms with E-state index in [0.717, 1.165) is 5.56 Å². The number of rotatable bonds is 6. The van der Waals surface area contributed by atoms with Crippen LogP contribution in [-0.4, -0.2) is 22.5 Å². The fraction of sp³-hybridized carbons (Fsp3) is 0.105. The van der Waals surface area contributed by atoms with Crippen LogP contribution in [0.4, 0.5) is 10.1 Å². The van der Waals surface area contributed by atoms with Gasteiger partial charge in [0.25, 0.3) is 5.91 Å². The Morgan fingerprint density at radius 2 is 1.69 bits per heavy atom. The van der Waals surface area contributed by atoms with E-state index in [9.17, 15) is 9.18 Å². The number of benzene rings is 2. The first kappa shape index (κ1) is 17.3. The van der Waals surface area contributed by atoms with Crippen LogP contribution in [0.5, 0.6) is 17.5 Å². The van der Waals surface area contributed by atoms with Crippen LogP contribution >= 0.6 is 0 Å². The normalized spacial score (nSPS) is 10.2. The van der Waals surface area contributed by atoms with Crippen molar-refractivity contribution in [3.8, 4) is 17.5 Å². The van der Waals surface area contributed by atoms with Crippen LogP contribution in [0.15, 0.2) is 60.9 Å². The second-order valence-electron chi connectivity index (χ2n) is 5.39. The Morgan fingerprint density at radius 3 is 2.38 bits per heavy atom. The maximum atomic E-state index is 13.5. The number of anilines is 1. The van der Waals surface area contributed by atoms with Crippen molar-refractivity contribution >= 4 is 11.6 Å². The minimum absolute atomic E-state index is 0.0238. The smallest absolute Gasteiger partial charge is 0.322 e. The zero-order valence-corrected chi connectivity index (χ0v) is 14.0. The summed E-state index contributed by atoms with van der Waals surface area (Å²) in [6, 6.07) is 13.3. The van der Waals surface area contributed by atoms with Gasteiger partial charge < -0.3 is 14.8 Å². The Labute approximate surface area is 149 Å². The summed E-state index contributed by atoms with van der Waals surface area (Å²) in [6.45, 7) is 1.76. The first-order valence-corrected chi connectivity index (χ1v) is 7.84. The quantitative estimate of drug-likeness (QED) is 0.731. The molecule has 0 fully saturated rings. The topological polar surface area (TPSA) is 73.3 Å². The van der Waals surface area contributed by atoms with Gasteiger partial charge in [0, 0.05) is 0 Å². The van der Waals surface area contributed by atoms with Crippen molar-refractivity contribution in [3.05, 3.63) is 72.3 Å². The van der Waals surface area contributed by atoms with Gasteiger partial charge in [0.15, 0.2) is 18.2 Å². The highest BCUT2D eigenvalue weighted by atomic mass is 19.1. The number of amides is 1. The monoisotopic (exact) mass is 353 g/mol. The third-order valence-corrected chi connectivity index (χ3v) is 3.40. The number of hydrogen-bond donors (Lipinski definition) is 1. The molecule has 3 aromatic rings. The summed E-state index contributed by atoms with van der Waals surface area (Å²) < 4.78 is 24.2. The average Bonchev–Trinajstić information content (AvgIpc) is 2.64. The van der Waals surface area contributed by atoms with Crippen molar-refractivity contribution in [1.29, 1.82) is 0 Å². The number of para-hydroxylation sites is 2. The van der Waals surface area contributed by atoms with Crippen LogP contribution in [-0.2, 0) is 4.79 Å². The molecule has 1 amide bonds. The number of carbonyl (C=O) groups excluding carboxylic acids is 1. The molecule has 0 spiro atoms. The SMILES string of the molecule is Cc1ccccc1OCC(=O)Nc1cnc(Oc2ccccc2F)nc1. The third kappa shape index (κ3) is 4.54. The second kappa shape index (κ2) is 8.06. The van der Waals surface area contributed by atoms with Crippen molar-refractivity contribution in [2.24, 2.45) is 0 Å². The zero-order valence-electron chi connectivity index (χ0n) is 14.0. The van der Waals surface area contributed by atoms with E-state index in [4.69, 9.17) is 9.47 Å². The molecule has 26 heavy (non-hydrogen) atoms. The molecule has 7 heteroatoms. The molecule has 0 bridgehead atoms. The number of aromatic nitrogens is 2. The Morgan fingerprint density at radius 1 is 1.04 bits per heavy atom. The van der Waals surface area contributed by atoms with Gasteiger partial charge in [-0.3, -0.25) is 4.79 Å². The maximum Gasteiger partial charge on any atom is 0.322 e. The van der Waals surface area contributed by atoms with Crippen molar-refractivity contribution in [2.75, 3.05) is 11.9 Å². The summed E-state index contributed by atoms with van der Waals surface area (Å²) in [5.41, 5.74) is 1.32. The van der Waals surface area contributed by atoms with Gasteiger partial charge in [-0.15, -0.1) is 0 Å². The van der Waals surface area contributed by atoms with Gasteiger partial charge in [-0.2, -0.15) is 0 Å². The fourth-order valence-electron chi connectivity index (χ4n) is 2.12. The van der Waals surface area contributed by atoms with E-state index in [0.29, 0.717) is 11.4 Å². The molecular weight excluding hydrogens is 337 g/mol. The minimum atomic E-state index is -0.512. The van der Waals surface area contributed by atoms with E-state index in [1.807, 2.05) is 25.1 Å². The van der Waals surface area contributed by atoms with Gasteiger partial charge in [0.05, 0.1) is 18.1 Å². The molecule has 6 nitrogen and oxygen atoms in total. The lowest BCUT2D eigenvalue weighted by Crippen LogP contribution is -2.20. The highest BCUT2D eigenvalue weighted by molar-refractivity contribution is 5.91. The Kier molecular flexibility index (Phi) is 5.38. The first-order chi connectivity index (χ1) is 12.6. The highest BCUT2D eigenvalue weighted by Crippen LogP contribution is 2.21. The number of ether oxygens (including phenoxy) is 2. The Hall–Kier alpha value is -3.48. The number of halogens is 1. The summed E-state index contributed by atoms with van der Waals surface area (Å²) in [5.74, 6) is -0.190. The molecule has 3 rings (SSSR count). The summed E-state index contributed by atoms with van der Waals surface area (Å²) in [6.07, 6.45) is 2.74. The molecule has 2 aromatic carbocycles. The molecule has 1 N–H and O–H groups in total. The van der Waals surface area contributed by atoms with Crippen LogP contribution in [0.3, 0.4) is 0 Å². The molecule has 0 unspecified atom stereocenters. The van der Waals surface area contributed by atoms with Crippen molar-refractivity contribution in [2.45, 2.75) is 6.92 Å². The number of hydrogen-bond acceptors (Lipinski definition) is 5. The maximum absolute atomic E-state index is 13.5. The molecule has 1 aromatic heterocycles. The van der Waals surface area contributed by atoms with Gasteiger partial charge in [-0.05, 0) is 30.7 Å². The van der Waals surface area contributed by atoms with Crippen molar-refractivity contribution in [1.82, 2.24) is 9.97 Å². The van der Waals surface area contributed by atoms with Gasteiger partial charge in [-0.1, -0.05) is 30.3 Å². The second-order valence-corrected chi connectivity index (χ2v) is 5.39. The number of aryl methyl sites for hydroxylation is 1. The number of nitrogens with zero attached hydrogens (tertiary/aromatic N) is 2. The van der Waals surface area contributed by atoms with E-state index < -0.39 is 5.82 Å². The van der Waals surface area contributed by atoms with E-state index >= 15 is 0 Å². The van der Waals surface area contributed by atoms with E-state index in [1.165, 1.54) is 24.5 Å². The van der Waals surface area contributed by atoms with Crippen LogP contribution in [0, 0.1) is 12.7 Å². The predicted octanol–water partition coefficient (Wildman–Crippen LogP) is 3.73. The molecule has 0 aliphatic carbocycles. The van der Waals surface area contributed by atoms with Crippen LogP contribution in [0.1, 0.15) is 5.56 Å². The van der Waals surface area contributed by atoms with Crippen LogP contribution in [0.25, 0.3) is 0 Å². The summed E-state index contributed by atoms with van der Waals surface area (Å²) in [7, 11) is 0. The molecular formula is C19H16FN3O3. The number of nitrogens with one attached hydrogen (secondary N) is 1. The minimum Gasteiger partial charge on any atom is -0.483 e. The van der Waals surface area contributed by atoms with Gasteiger partial charge >= 0.3 is 6.01 Å². The van der Waals surface area contributed by atoms with Crippen LogP contribution < -0.4 is 14.8 Å². The van der Waals surface area contributed by atoms with Crippen molar-refractivity contribution in [3.63, 3.8) is 0 Å². The largest absolute Gasteiger partial charge is 0.483 e. The van der Waals surface area contributed by atoms with Gasteiger partial charge in [0.1, 0.15) is 5.75 Å². The van der Waals surface area contributed by atoms with E-state index in [1.54, 1.807) is 18.2 Å². The first-order valence-electron chi connectivity index (χ1n) is 7.84. The summed E-state index contributed by atoms with van der Waals surface area (Å²) in [4.78, 5) is 19.8. The summed E-state index contributed by atoms with van der Waals surface area (Å²) in [5, 5.41) is 2.62. The Bertz CT molecular complexity index is 901. The lowest BCUT2D eigenvalue weighted by atomic mass is 10.2. The lowest BCUT2D eigenvalue weighted by molar-refractivity contribution is -0.118. The summed E-state index contributed by atoms with van der Waals surface area (Å²) >= 11 is 0. The number of carbonyl (C=O) groups is 1. The van der Waals surface area contributed by atoms with E-state index in [-0.39, 0.29) is 24.3 Å². The molecule has 0 radical (unpaired) electrons. The lowest BCUT2D eigenvalue weighted by Gasteiger charge is -2.09. The molecule has 0 saturated carbocycles. The molecule has 1 heterocycles. The molecule has 0 aliphatic rings. The fourth-order valence-corrected chi connectivity index (χ4v) is 2.12. The third-order valence-electron chi connectivity index (χ3n) is 3.40. The molecule has 0 aliphatic heterocycles. The van der Waals surface area contributed by atoms with Crippen LogP contribution in [0.2, 0.25) is 0 Å². The van der Waals surface area contributed by atoms with Gasteiger partial charge in [0.2, 0.25) is 0 Å². The highest BCUT2D eigenvalue weighted by Gasteiger charge is 2.08. The molecule has 0 saturated heterocycles. The Balaban J connectivity index is 1.54. The van der Waals surface area contributed by atoms with Gasteiger partial charge in [-0.25, -0.2) is 14.4 Å².